The first kappa shape index (κ1) is 12.9. The molecule has 1 aromatic rings. The molecule has 2 unspecified atom stereocenters. The number of nitrogens with zero attached hydrogens (tertiary/aromatic N) is 1. The molecule has 2 nitrogen and oxygen atoms in total. The second-order valence-electron chi connectivity index (χ2n) is 4.46. The van der Waals surface area contributed by atoms with Crippen LogP contribution in [-0.4, -0.2) is 17.5 Å². The van der Waals surface area contributed by atoms with Crippen LogP contribution in [0.15, 0.2) is 11.4 Å². The molecule has 1 N–H and O–H groups in total. The van der Waals surface area contributed by atoms with Crippen molar-refractivity contribution in [3.8, 4) is 6.07 Å². The van der Waals surface area contributed by atoms with Crippen LogP contribution in [0.3, 0.4) is 0 Å². The Bertz CT molecular complexity index is 394. The van der Waals surface area contributed by atoms with E-state index in [1.165, 1.54) is 30.6 Å². The summed E-state index contributed by atoms with van der Waals surface area (Å²) in [6.45, 7) is 0.911. The highest BCUT2D eigenvalue weighted by Crippen LogP contribution is 2.27. The summed E-state index contributed by atoms with van der Waals surface area (Å²) in [4.78, 5) is 1.27. The average molecular weight is 266 g/mol. The van der Waals surface area contributed by atoms with Crippen molar-refractivity contribution >= 4 is 23.1 Å². The quantitative estimate of drug-likeness (QED) is 0.907. The fraction of sp³-hybridized carbons (Fsp3) is 0.615. The molecule has 1 fully saturated rings. The van der Waals surface area contributed by atoms with Crippen molar-refractivity contribution in [2.45, 2.75) is 43.5 Å². The van der Waals surface area contributed by atoms with Gasteiger partial charge in [0.1, 0.15) is 6.07 Å². The summed E-state index contributed by atoms with van der Waals surface area (Å²) < 4.78 is 0. The van der Waals surface area contributed by atoms with Crippen molar-refractivity contribution in [3.63, 3.8) is 0 Å². The van der Waals surface area contributed by atoms with Crippen LogP contribution in [0.4, 0.5) is 0 Å². The maximum Gasteiger partial charge on any atom is 0.100 e. The lowest BCUT2D eigenvalue weighted by Crippen LogP contribution is -2.39. The van der Waals surface area contributed by atoms with Crippen LogP contribution in [0.5, 0.6) is 0 Å². The number of hydrogen-bond donors (Lipinski definition) is 1. The van der Waals surface area contributed by atoms with E-state index in [0.29, 0.717) is 6.04 Å². The highest BCUT2D eigenvalue weighted by molar-refractivity contribution is 7.99. The van der Waals surface area contributed by atoms with E-state index in [2.05, 4.69) is 17.6 Å². The van der Waals surface area contributed by atoms with Crippen molar-refractivity contribution in [2.75, 3.05) is 6.26 Å². The first-order valence-corrected chi connectivity index (χ1v) is 8.24. The number of rotatable bonds is 4. The van der Waals surface area contributed by atoms with Crippen LogP contribution >= 0.6 is 23.1 Å². The molecule has 1 saturated carbocycles. The van der Waals surface area contributed by atoms with Gasteiger partial charge in [-0.3, -0.25) is 0 Å². The fourth-order valence-corrected chi connectivity index (χ4v) is 4.10. The zero-order chi connectivity index (χ0) is 12.1. The van der Waals surface area contributed by atoms with E-state index in [1.54, 1.807) is 11.3 Å². The lowest BCUT2D eigenvalue weighted by atomic mass is 9.95. The summed E-state index contributed by atoms with van der Waals surface area (Å²) in [7, 11) is 0. The second-order valence-corrected chi connectivity index (χ2v) is 6.53. The van der Waals surface area contributed by atoms with Gasteiger partial charge in [-0.15, -0.1) is 11.3 Å². The van der Waals surface area contributed by atoms with Crippen LogP contribution in [0.25, 0.3) is 0 Å². The molecule has 1 aromatic heterocycles. The zero-order valence-electron chi connectivity index (χ0n) is 10.1. The smallest absolute Gasteiger partial charge is 0.100 e. The Kier molecular flexibility index (Phi) is 4.90. The number of thioether (sulfide) groups is 1. The molecular weight excluding hydrogens is 248 g/mol. The summed E-state index contributed by atoms with van der Waals surface area (Å²) in [6, 6.07) is 4.82. The Morgan fingerprint density at radius 1 is 1.53 bits per heavy atom. The molecule has 1 aliphatic rings. The average Bonchev–Trinajstić information content (AvgIpc) is 2.84. The molecule has 0 bridgehead atoms. The minimum Gasteiger partial charge on any atom is -0.308 e. The standard InChI is InChI=1S/C13H18N2S2/c1-16-13-5-3-2-4-12(13)15-8-11-6-10(7-14)9-17-11/h6,9,12-13,15H,2-5,8H2,1H3. The fourth-order valence-electron chi connectivity index (χ4n) is 2.38. The zero-order valence-corrected chi connectivity index (χ0v) is 11.7. The van der Waals surface area contributed by atoms with Crippen molar-refractivity contribution in [1.82, 2.24) is 5.32 Å². The Morgan fingerprint density at radius 2 is 2.35 bits per heavy atom. The third-order valence-corrected chi connectivity index (χ3v) is 5.43. The molecule has 0 aliphatic heterocycles. The molecule has 0 saturated heterocycles. The van der Waals surface area contributed by atoms with Gasteiger partial charge in [0.25, 0.3) is 0 Å². The van der Waals surface area contributed by atoms with Gasteiger partial charge in [-0.25, -0.2) is 0 Å². The Hall–Kier alpha value is -0.500. The molecular formula is C13H18N2S2. The van der Waals surface area contributed by atoms with Gasteiger partial charge in [0.15, 0.2) is 0 Å². The monoisotopic (exact) mass is 266 g/mol. The van der Waals surface area contributed by atoms with Crippen LogP contribution in [-0.2, 0) is 6.54 Å². The largest absolute Gasteiger partial charge is 0.308 e. The van der Waals surface area contributed by atoms with Gasteiger partial charge >= 0.3 is 0 Å². The van der Waals surface area contributed by atoms with Crippen LogP contribution in [0.1, 0.15) is 36.1 Å². The minimum absolute atomic E-state index is 0.645. The molecule has 4 heteroatoms. The second kappa shape index (κ2) is 6.44. The van der Waals surface area contributed by atoms with Crippen molar-refractivity contribution in [3.05, 3.63) is 21.9 Å². The van der Waals surface area contributed by atoms with Crippen LogP contribution in [0.2, 0.25) is 0 Å². The third-order valence-electron chi connectivity index (χ3n) is 3.33. The molecule has 2 rings (SSSR count). The first-order valence-electron chi connectivity index (χ1n) is 6.07. The van der Waals surface area contributed by atoms with Crippen molar-refractivity contribution < 1.29 is 0 Å². The Balaban J connectivity index is 1.86. The number of hydrogen-bond acceptors (Lipinski definition) is 4. The van der Waals surface area contributed by atoms with E-state index >= 15 is 0 Å². The first-order chi connectivity index (χ1) is 8.33. The maximum absolute atomic E-state index is 8.78. The lowest BCUT2D eigenvalue weighted by Gasteiger charge is -2.31. The summed E-state index contributed by atoms with van der Waals surface area (Å²) in [5.41, 5.74) is 0.789. The summed E-state index contributed by atoms with van der Waals surface area (Å²) in [6.07, 6.45) is 7.57. The SMILES string of the molecule is CSC1CCCCC1NCc1cc(C#N)cs1. The van der Waals surface area contributed by atoms with Gasteiger partial charge in [-0.1, -0.05) is 12.8 Å². The maximum atomic E-state index is 8.78. The topological polar surface area (TPSA) is 35.8 Å². The van der Waals surface area contributed by atoms with Gasteiger partial charge in [-0.05, 0) is 25.2 Å². The molecule has 1 heterocycles. The summed E-state index contributed by atoms with van der Waals surface area (Å²) >= 11 is 3.67. The highest BCUT2D eigenvalue weighted by Gasteiger charge is 2.23. The highest BCUT2D eigenvalue weighted by atomic mass is 32.2. The summed E-state index contributed by atoms with van der Waals surface area (Å²) in [5, 5.41) is 15.1. The van der Waals surface area contributed by atoms with Gasteiger partial charge in [0, 0.05) is 28.1 Å². The van der Waals surface area contributed by atoms with E-state index in [4.69, 9.17) is 5.26 Å². The molecule has 0 amide bonds. The third kappa shape index (κ3) is 3.48. The van der Waals surface area contributed by atoms with E-state index in [0.717, 1.165) is 17.4 Å². The Morgan fingerprint density at radius 3 is 3.06 bits per heavy atom. The predicted molar refractivity (Wildman–Crippen MR) is 75.4 cm³/mol. The van der Waals surface area contributed by atoms with Gasteiger partial charge in [0.05, 0.1) is 5.56 Å². The Labute approximate surface area is 111 Å². The minimum atomic E-state index is 0.645. The molecule has 0 spiro atoms. The normalized spacial score (nSPS) is 24.5. The lowest BCUT2D eigenvalue weighted by molar-refractivity contribution is 0.384. The molecule has 0 aromatic carbocycles. The van der Waals surface area contributed by atoms with E-state index < -0.39 is 0 Å². The molecule has 17 heavy (non-hydrogen) atoms. The molecule has 0 radical (unpaired) electrons. The van der Waals surface area contributed by atoms with Gasteiger partial charge < -0.3 is 5.32 Å². The van der Waals surface area contributed by atoms with Crippen molar-refractivity contribution in [2.24, 2.45) is 0 Å². The van der Waals surface area contributed by atoms with Crippen LogP contribution < -0.4 is 5.32 Å². The number of thiophene rings is 1. The van der Waals surface area contributed by atoms with Crippen LogP contribution in [0, 0.1) is 11.3 Å². The van der Waals surface area contributed by atoms with Crippen molar-refractivity contribution in [1.29, 1.82) is 5.26 Å². The van der Waals surface area contributed by atoms with Gasteiger partial charge in [-0.2, -0.15) is 17.0 Å². The van der Waals surface area contributed by atoms with E-state index in [-0.39, 0.29) is 0 Å². The number of nitrogens with one attached hydrogen (secondary N) is 1. The molecule has 1 aliphatic carbocycles. The molecule has 2 atom stereocenters. The predicted octanol–water partition coefficient (Wildman–Crippen LogP) is 3.38. The summed E-state index contributed by atoms with van der Waals surface area (Å²) in [5.74, 6) is 0. The van der Waals surface area contributed by atoms with E-state index in [1.807, 2.05) is 23.2 Å². The molecule has 92 valence electrons. The van der Waals surface area contributed by atoms with E-state index in [9.17, 15) is 0 Å². The van der Waals surface area contributed by atoms with Gasteiger partial charge in [0.2, 0.25) is 0 Å². The number of nitriles is 1.